The van der Waals surface area contributed by atoms with Crippen LogP contribution in [0.15, 0.2) is 77.7 Å². The molecule has 1 aliphatic rings. The molecule has 0 atom stereocenters. The number of amides is 2. The van der Waals surface area contributed by atoms with Crippen LogP contribution in [0.3, 0.4) is 0 Å². The van der Waals surface area contributed by atoms with Gasteiger partial charge in [0.1, 0.15) is 24.8 Å². The lowest BCUT2D eigenvalue weighted by atomic mass is 10.1. The third kappa shape index (κ3) is 6.42. The Morgan fingerprint density at radius 2 is 1.74 bits per heavy atom. The van der Waals surface area contributed by atoms with Crippen molar-refractivity contribution >= 4 is 29.0 Å². The highest BCUT2D eigenvalue weighted by atomic mass is 32.2. The van der Waals surface area contributed by atoms with Crippen molar-refractivity contribution in [3.05, 3.63) is 94.6 Å². The molecule has 180 valence electrons. The van der Waals surface area contributed by atoms with Gasteiger partial charge in [-0.1, -0.05) is 36.4 Å². The van der Waals surface area contributed by atoms with Gasteiger partial charge >= 0.3 is 0 Å². The molecule has 3 aromatic rings. The average Bonchev–Trinajstić information content (AvgIpc) is 3.12. The Labute approximate surface area is 207 Å². The minimum Gasteiger partial charge on any atom is -0.492 e. The maximum absolute atomic E-state index is 13.4. The molecule has 35 heavy (non-hydrogen) atoms. The topological polar surface area (TPSA) is 65.1 Å². The van der Waals surface area contributed by atoms with Crippen LogP contribution in [0.1, 0.15) is 18.1 Å². The molecule has 1 heterocycles. The molecule has 2 amide bonds. The predicted molar refractivity (Wildman–Crippen MR) is 133 cm³/mol. The van der Waals surface area contributed by atoms with Crippen molar-refractivity contribution in [1.82, 2.24) is 4.90 Å². The molecule has 0 aliphatic carbocycles. The van der Waals surface area contributed by atoms with Crippen LogP contribution in [0.2, 0.25) is 0 Å². The molecule has 0 spiro atoms. The Morgan fingerprint density at radius 3 is 2.51 bits per heavy atom. The number of thioether (sulfide) groups is 1. The van der Waals surface area contributed by atoms with Crippen LogP contribution in [0.25, 0.3) is 6.08 Å². The summed E-state index contributed by atoms with van der Waals surface area (Å²) in [6.45, 7) is 2.82. The number of rotatable bonds is 10. The van der Waals surface area contributed by atoms with Crippen LogP contribution in [0.5, 0.6) is 17.2 Å². The molecule has 6 nitrogen and oxygen atoms in total. The van der Waals surface area contributed by atoms with Gasteiger partial charge in [-0.05, 0) is 72.3 Å². The van der Waals surface area contributed by atoms with Gasteiger partial charge in [-0.2, -0.15) is 0 Å². The van der Waals surface area contributed by atoms with Gasteiger partial charge in [-0.15, -0.1) is 0 Å². The molecule has 4 rings (SSSR count). The lowest BCUT2D eigenvalue weighted by Gasteiger charge is -2.13. The second-order valence-electron chi connectivity index (χ2n) is 7.55. The van der Waals surface area contributed by atoms with Crippen molar-refractivity contribution in [3.63, 3.8) is 0 Å². The van der Waals surface area contributed by atoms with Gasteiger partial charge in [-0.3, -0.25) is 14.5 Å². The smallest absolute Gasteiger partial charge is 0.293 e. The number of imide groups is 1. The van der Waals surface area contributed by atoms with Gasteiger partial charge in [0.05, 0.1) is 18.1 Å². The SMILES string of the molecule is CCOc1cc(/C=C2\SC(=O)N(CCOc3ccccc3)C2=O)ccc1OCc1cccc(F)c1. The number of ether oxygens (including phenoxy) is 3. The fourth-order valence-electron chi connectivity index (χ4n) is 3.41. The van der Waals surface area contributed by atoms with Crippen LogP contribution >= 0.6 is 11.8 Å². The zero-order chi connectivity index (χ0) is 24.6. The van der Waals surface area contributed by atoms with Crippen LogP contribution in [-0.4, -0.2) is 35.8 Å². The van der Waals surface area contributed by atoms with E-state index in [0.717, 1.165) is 11.8 Å². The van der Waals surface area contributed by atoms with Crippen molar-refractivity contribution in [1.29, 1.82) is 0 Å². The van der Waals surface area contributed by atoms with Crippen molar-refractivity contribution < 1.29 is 28.2 Å². The lowest BCUT2D eigenvalue weighted by molar-refractivity contribution is -0.123. The molecular weight excluding hydrogens is 469 g/mol. The highest BCUT2D eigenvalue weighted by Crippen LogP contribution is 2.35. The van der Waals surface area contributed by atoms with E-state index in [9.17, 15) is 14.0 Å². The predicted octanol–water partition coefficient (Wildman–Crippen LogP) is 5.92. The normalized spacial score (nSPS) is 14.5. The standard InChI is InChI=1S/C27H24FNO5S/c1-2-32-24-16-19(11-12-23(24)34-18-20-7-6-8-21(28)15-20)17-25-26(30)29(27(31)35-25)13-14-33-22-9-4-3-5-10-22/h3-12,15-17H,2,13-14,18H2,1H3/b25-17-. The van der Waals surface area contributed by atoms with Crippen LogP contribution in [-0.2, 0) is 11.4 Å². The Hall–Kier alpha value is -3.78. The van der Waals surface area contributed by atoms with E-state index >= 15 is 0 Å². The van der Waals surface area contributed by atoms with E-state index in [0.29, 0.717) is 39.9 Å². The van der Waals surface area contributed by atoms with Crippen molar-refractivity contribution in [2.24, 2.45) is 0 Å². The zero-order valence-corrected chi connectivity index (χ0v) is 19.9. The molecule has 0 saturated carbocycles. The van der Waals surface area contributed by atoms with Crippen LogP contribution < -0.4 is 14.2 Å². The van der Waals surface area contributed by atoms with Gasteiger partial charge in [0.25, 0.3) is 11.1 Å². The fourth-order valence-corrected chi connectivity index (χ4v) is 4.27. The number of nitrogens with zero attached hydrogens (tertiary/aromatic N) is 1. The van der Waals surface area contributed by atoms with E-state index in [-0.39, 0.29) is 36.7 Å². The summed E-state index contributed by atoms with van der Waals surface area (Å²) in [6, 6.07) is 20.7. The zero-order valence-electron chi connectivity index (χ0n) is 19.1. The van der Waals surface area contributed by atoms with Gasteiger partial charge in [0.2, 0.25) is 0 Å². The number of hydrogen-bond donors (Lipinski definition) is 0. The summed E-state index contributed by atoms with van der Waals surface area (Å²) in [4.78, 5) is 26.7. The number of carbonyl (C=O) groups is 2. The highest BCUT2D eigenvalue weighted by Gasteiger charge is 2.34. The van der Waals surface area contributed by atoms with E-state index in [1.54, 1.807) is 36.4 Å². The molecule has 0 unspecified atom stereocenters. The van der Waals surface area contributed by atoms with Gasteiger partial charge < -0.3 is 14.2 Å². The first-order valence-corrected chi connectivity index (χ1v) is 11.9. The Morgan fingerprint density at radius 1 is 0.914 bits per heavy atom. The minimum atomic E-state index is -0.360. The van der Waals surface area contributed by atoms with E-state index in [1.165, 1.54) is 17.0 Å². The molecule has 1 fully saturated rings. The largest absolute Gasteiger partial charge is 0.492 e. The number of halogens is 1. The van der Waals surface area contributed by atoms with E-state index in [1.807, 2.05) is 37.3 Å². The van der Waals surface area contributed by atoms with E-state index in [2.05, 4.69) is 0 Å². The first kappa shape index (κ1) is 24.3. The molecule has 0 radical (unpaired) electrons. The maximum Gasteiger partial charge on any atom is 0.293 e. The third-order valence-electron chi connectivity index (χ3n) is 5.05. The van der Waals surface area contributed by atoms with Crippen molar-refractivity contribution in [2.75, 3.05) is 19.8 Å². The number of carbonyl (C=O) groups excluding carboxylic acids is 2. The summed E-state index contributed by atoms with van der Waals surface area (Å²) >= 11 is 0.891. The first-order valence-electron chi connectivity index (χ1n) is 11.1. The Balaban J connectivity index is 1.42. The minimum absolute atomic E-state index is 0.161. The third-order valence-corrected chi connectivity index (χ3v) is 5.96. The fraction of sp³-hybridized carbons (Fsp3) is 0.185. The maximum atomic E-state index is 13.4. The Kier molecular flexibility index (Phi) is 8.05. The lowest BCUT2D eigenvalue weighted by Crippen LogP contribution is -2.32. The first-order chi connectivity index (χ1) is 17.0. The molecule has 1 saturated heterocycles. The number of hydrogen-bond acceptors (Lipinski definition) is 6. The van der Waals surface area contributed by atoms with Crippen molar-refractivity contribution in [2.45, 2.75) is 13.5 Å². The van der Waals surface area contributed by atoms with Gasteiger partial charge in [0, 0.05) is 0 Å². The quantitative estimate of drug-likeness (QED) is 0.327. The summed E-state index contributed by atoms with van der Waals surface area (Å²) in [5.41, 5.74) is 1.39. The van der Waals surface area contributed by atoms with Crippen LogP contribution in [0, 0.1) is 5.82 Å². The molecule has 0 aromatic heterocycles. The second kappa shape index (κ2) is 11.6. The van der Waals surface area contributed by atoms with Gasteiger partial charge in [0.15, 0.2) is 11.5 Å². The summed E-state index contributed by atoms with van der Waals surface area (Å²) in [6.07, 6.45) is 1.65. The summed E-state index contributed by atoms with van der Waals surface area (Å²) in [7, 11) is 0. The molecular formula is C27H24FNO5S. The molecule has 0 bridgehead atoms. The average molecular weight is 494 g/mol. The summed E-state index contributed by atoms with van der Waals surface area (Å²) in [5, 5.41) is -0.335. The number of para-hydroxylation sites is 1. The van der Waals surface area contributed by atoms with Crippen LogP contribution in [0.4, 0.5) is 9.18 Å². The summed E-state index contributed by atoms with van der Waals surface area (Å²) < 4.78 is 30.6. The molecule has 0 N–H and O–H groups in total. The molecule has 3 aromatic carbocycles. The second-order valence-corrected chi connectivity index (χ2v) is 8.55. The van der Waals surface area contributed by atoms with E-state index < -0.39 is 0 Å². The Bertz CT molecular complexity index is 1230. The van der Waals surface area contributed by atoms with Crippen molar-refractivity contribution in [3.8, 4) is 17.2 Å². The van der Waals surface area contributed by atoms with E-state index in [4.69, 9.17) is 14.2 Å². The monoisotopic (exact) mass is 493 g/mol. The molecule has 1 aliphatic heterocycles. The molecule has 8 heteroatoms. The summed E-state index contributed by atoms with van der Waals surface area (Å²) in [5.74, 6) is 0.985. The van der Waals surface area contributed by atoms with Gasteiger partial charge in [-0.25, -0.2) is 4.39 Å². The number of benzene rings is 3. The highest BCUT2D eigenvalue weighted by molar-refractivity contribution is 8.18.